The summed E-state index contributed by atoms with van der Waals surface area (Å²) in [7, 11) is 0. The van der Waals surface area contributed by atoms with Gasteiger partial charge >= 0.3 is 0 Å². The van der Waals surface area contributed by atoms with Gasteiger partial charge in [-0.05, 0) is 62.9 Å². The summed E-state index contributed by atoms with van der Waals surface area (Å²) in [5.74, 6) is 2.96. The second-order valence-electron chi connectivity index (χ2n) is 7.61. The molecule has 1 amide bonds. The maximum absolute atomic E-state index is 12.5. The lowest BCUT2D eigenvalue weighted by Crippen LogP contribution is -2.58. The highest BCUT2D eigenvalue weighted by atomic mass is 16.1. The van der Waals surface area contributed by atoms with Gasteiger partial charge < -0.3 is 10.2 Å². The van der Waals surface area contributed by atoms with Gasteiger partial charge in [-0.1, -0.05) is 26.7 Å². The van der Waals surface area contributed by atoms with Gasteiger partial charge in [-0.3, -0.25) is 4.79 Å². The average Bonchev–Trinajstić information content (AvgIpc) is 2.95. The first-order valence-electron chi connectivity index (χ1n) is 9.20. The number of nitrogens with zero attached hydrogens (tertiary/aromatic N) is 1. The van der Waals surface area contributed by atoms with E-state index in [1.807, 2.05) is 0 Å². The van der Waals surface area contributed by atoms with Crippen LogP contribution in [0.1, 0.15) is 65.2 Å². The van der Waals surface area contributed by atoms with Crippen molar-refractivity contribution < 1.29 is 4.79 Å². The summed E-state index contributed by atoms with van der Waals surface area (Å²) >= 11 is 0. The number of carbonyl (C=O) groups is 1. The molecule has 4 bridgehead atoms. The molecule has 0 aromatic carbocycles. The number of amides is 1. The van der Waals surface area contributed by atoms with Crippen LogP contribution in [0.3, 0.4) is 0 Å². The van der Waals surface area contributed by atoms with E-state index in [2.05, 4.69) is 24.1 Å². The quantitative estimate of drug-likeness (QED) is 0.815. The number of nitrogens with one attached hydrogen (secondary N) is 1. The number of hydrogen-bond acceptors (Lipinski definition) is 2. The van der Waals surface area contributed by atoms with Gasteiger partial charge in [0.2, 0.25) is 5.91 Å². The molecular weight excluding hydrogens is 260 g/mol. The predicted molar refractivity (Wildman–Crippen MR) is 86.1 cm³/mol. The van der Waals surface area contributed by atoms with Crippen LogP contribution in [0.4, 0.5) is 0 Å². The van der Waals surface area contributed by atoms with Crippen molar-refractivity contribution in [1.29, 1.82) is 0 Å². The van der Waals surface area contributed by atoms with Gasteiger partial charge in [0.15, 0.2) is 0 Å². The number of carbonyl (C=O) groups excluding carboxylic acids is 1. The molecule has 0 aromatic rings. The van der Waals surface area contributed by atoms with Crippen LogP contribution in [0.2, 0.25) is 0 Å². The molecule has 3 heteroatoms. The van der Waals surface area contributed by atoms with E-state index in [-0.39, 0.29) is 5.54 Å². The minimum atomic E-state index is 0.177. The normalized spacial score (nSPS) is 37.8. The van der Waals surface area contributed by atoms with Gasteiger partial charge in [0, 0.05) is 18.5 Å². The van der Waals surface area contributed by atoms with Crippen molar-refractivity contribution in [3.05, 3.63) is 0 Å². The van der Waals surface area contributed by atoms with E-state index in [0.717, 1.165) is 37.4 Å². The number of fused-ring (bicyclic) bond motifs is 6. The Morgan fingerprint density at radius 1 is 1.19 bits per heavy atom. The first kappa shape index (κ1) is 15.3. The topological polar surface area (TPSA) is 32.3 Å². The lowest BCUT2D eigenvalue weighted by molar-refractivity contribution is -0.125. The van der Waals surface area contributed by atoms with Gasteiger partial charge in [-0.15, -0.1) is 0 Å². The monoisotopic (exact) mass is 292 g/mol. The fraction of sp³-hybridized carbons (Fsp3) is 0.944. The molecule has 3 aliphatic rings. The maximum atomic E-state index is 12.5. The summed E-state index contributed by atoms with van der Waals surface area (Å²) in [5.41, 5.74) is 0.177. The van der Waals surface area contributed by atoms with Crippen LogP contribution in [0, 0.1) is 17.8 Å². The number of rotatable bonds is 6. The zero-order valence-corrected chi connectivity index (χ0v) is 13.9. The molecule has 0 saturated heterocycles. The molecular formula is C18H32N2O. The minimum absolute atomic E-state index is 0.177. The molecule has 0 heterocycles. The van der Waals surface area contributed by atoms with Crippen LogP contribution < -0.4 is 5.32 Å². The molecule has 3 fully saturated rings. The van der Waals surface area contributed by atoms with Crippen LogP contribution in [0.25, 0.3) is 0 Å². The molecule has 4 unspecified atom stereocenters. The van der Waals surface area contributed by atoms with Gasteiger partial charge in [0.05, 0.1) is 0 Å². The largest absolute Gasteiger partial charge is 0.350 e. The van der Waals surface area contributed by atoms with Crippen LogP contribution >= 0.6 is 0 Å². The van der Waals surface area contributed by atoms with Gasteiger partial charge in [-0.2, -0.15) is 0 Å². The summed E-state index contributed by atoms with van der Waals surface area (Å²) in [4.78, 5) is 14.8. The average molecular weight is 292 g/mol. The summed E-state index contributed by atoms with van der Waals surface area (Å²) < 4.78 is 0. The van der Waals surface area contributed by atoms with Crippen molar-refractivity contribution in [1.82, 2.24) is 10.2 Å². The Kier molecular flexibility index (Phi) is 4.58. The maximum Gasteiger partial charge on any atom is 0.221 e. The first-order valence-corrected chi connectivity index (χ1v) is 9.20. The summed E-state index contributed by atoms with van der Waals surface area (Å²) in [6, 6.07) is 0. The molecule has 1 N–H and O–H groups in total. The lowest BCUT2D eigenvalue weighted by atomic mass is 9.61. The Morgan fingerprint density at radius 2 is 2.00 bits per heavy atom. The fourth-order valence-electron chi connectivity index (χ4n) is 5.43. The molecule has 21 heavy (non-hydrogen) atoms. The van der Waals surface area contributed by atoms with Crippen molar-refractivity contribution in [2.75, 3.05) is 19.6 Å². The van der Waals surface area contributed by atoms with Gasteiger partial charge in [-0.25, -0.2) is 0 Å². The zero-order valence-electron chi connectivity index (χ0n) is 13.9. The van der Waals surface area contributed by atoms with Crippen molar-refractivity contribution >= 4 is 5.91 Å². The molecule has 3 nitrogen and oxygen atoms in total. The SMILES string of the molecule is CCN(CC)CCC(=O)NC12CCCC(C1)C1CCC2C1. The second-order valence-corrected chi connectivity index (χ2v) is 7.61. The molecule has 0 spiro atoms. The van der Waals surface area contributed by atoms with Crippen molar-refractivity contribution in [2.45, 2.75) is 70.8 Å². The molecule has 3 aliphatic carbocycles. The fourth-order valence-corrected chi connectivity index (χ4v) is 5.43. The van der Waals surface area contributed by atoms with Crippen LogP contribution in [-0.4, -0.2) is 36.0 Å². The molecule has 120 valence electrons. The third kappa shape index (κ3) is 2.99. The Labute approximate surface area is 129 Å². The Bertz CT molecular complexity index is 379. The third-order valence-corrected chi connectivity index (χ3v) is 6.68. The predicted octanol–water partition coefficient (Wildman–Crippen LogP) is 3.19. The molecule has 0 aromatic heterocycles. The van der Waals surface area contributed by atoms with E-state index in [4.69, 9.17) is 0 Å². The second kappa shape index (κ2) is 6.28. The van der Waals surface area contributed by atoms with E-state index < -0.39 is 0 Å². The van der Waals surface area contributed by atoms with E-state index in [9.17, 15) is 4.79 Å². The molecule has 0 radical (unpaired) electrons. The Morgan fingerprint density at radius 3 is 2.76 bits per heavy atom. The van der Waals surface area contributed by atoms with E-state index in [0.29, 0.717) is 12.3 Å². The smallest absolute Gasteiger partial charge is 0.221 e. The van der Waals surface area contributed by atoms with Crippen molar-refractivity contribution in [3.63, 3.8) is 0 Å². The van der Waals surface area contributed by atoms with Crippen molar-refractivity contribution in [2.24, 2.45) is 17.8 Å². The molecule has 0 aliphatic heterocycles. The highest BCUT2D eigenvalue weighted by Crippen LogP contribution is 2.56. The van der Waals surface area contributed by atoms with Gasteiger partial charge in [0.1, 0.15) is 0 Å². The molecule has 3 rings (SSSR count). The third-order valence-electron chi connectivity index (χ3n) is 6.68. The number of hydrogen-bond donors (Lipinski definition) is 1. The summed E-state index contributed by atoms with van der Waals surface area (Å²) in [6.07, 6.45) is 10.1. The highest BCUT2D eigenvalue weighted by molar-refractivity contribution is 5.77. The lowest BCUT2D eigenvalue weighted by Gasteiger charge is -2.50. The highest BCUT2D eigenvalue weighted by Gasteiger charge is 2.53. The van der Waals surface area contributed by atoms with E-state index >= 15 is 0 Å². The summed E-state index contributed by atoms with van der Waals surface area (Å²) in [5, 5.41) is 3.53. The Balaban J connectivity index is 1.59. The minimum Gasteiger partial charge on any atom is -0.350 e. The zero-order chi connectivity index (χ0) is 14.9. The van der Waals surface area contributed by atoms with E-state index in [1.54, 1.807) is 0 Å². The van der Waals surface area contributed by atoms with Crippen molar-refractivity contribution in [3.8, 4) is 0 Å². The van der Waals surface area contributed by atoms with E-state index in [1.165, 1.54) is 44.9 Å². The van der Waals surface area contributed by atoms with Crippen LogP contribution in [-0.2, 0) is 4.79 Å². The molecule has 3 saturated carbocycles. The van der Waals surface area contributed by atoms with Crippen LogP contribution in [0.5, 0.6) is 0 Å². The van der Waals surface area contributed by atoms with Crippen LogP contribution in [0.15, 0.2) is 0 Å². The first-order chi connectivity index (χ1) is 10.2. The molecule has 4 atom stereocenters. The van der Waals surface area contributed by atoms with Gasteiger partial charge in [0.25, 0.3) is 0 Å². The standard InChI is InChI=1S/C18H32N2O/c1-3-20(4-2)11-9-17(21)19-18-10-5-6-15(13-18)14-7-8-16(18)12-14/h14-16H,3-13H2,1-2H3,(H,19,21). The summed E-state index contributed by atoms with van der Waals surface area (Å²) in [6.45, 7) is 7.34. The Hall–Kier alpha value is -0.570.